The predicted octanol–water partition coefficient (Wildman–Crippen LogP) is 5.59. The minimum absolute atomic E-state index is 0.0151. The van der Waals surface area contributed by atoms with Crippen molar-refractivity contribution in [2.24, 2.45) is 29.6 Å². The molecule has 0 aromatic heterocycles. The zero-order valence-electron chi connectivity index (χ0n) is 46.8. The van der Waals surface area contributed by atoms with Gasteiger partial charge in [-0.1, -0.05) is 40.9 Å². The Hall–Kier alpha value is -1.53. The summed E-state index contributed by atoms with van der Waals surface area (Å²) in [5.74, 6) is -2.05. The highest BCUT2D eigenvalue weighted by Gasteiger charge is 2.70. The summed E-state index contributed by atoms with van der Waals surface area (Å²) in [5, 5.41) is 30.4. The van der Waals surface area contributed by atoms with E-state index < -0.39 is 42.3 Å². The molecule has 16 heterocycles. The van der Waals surface area contributed by atoms with Crippen molar-refractivity contribution in [3.8, 4) is 0 Å². The van der Waals surface area contributed by atoms with Crippen LogP contribution in [-0.4, -0.2) is 192 Å². The maximum Gasteiger partial charge on any atom is 0.174 e. The van der Waals surface area contributed by atoms with Crippen LogP contribution in [0, 0.1) is 29.6 Å². The summed E-state index contributed by atoms with van der Waals surface area (Å²) in [7, 11) is 0. The van der Waals surface area contributed by atoms with E-state index in [0.29, 0.717) is 70.6 Å². The Morgan fingerprint density at radius 3 is 2.04 bits per heavy atom. The first-order chi connectivity index (χ1) is 38.0. The third-order valence-electron chi connectivity index (χ3n) is 22.5. The highest BCUT2D eigenvalue weighted by atomic mass is 16.8. The molecule has 16 saturated heterocycles. The largest absolute Gasteiger partial charge is 0.394 e. The smallest absolute Gasteiger partial charge is 0.174 e. The van der Waals surface area contributed by atoms with E-state index in [1.807, 2.05) is 0 Å². The van der Waals surface area contributed by atoms with E-state index in [-0.39, 0.29) is 170 Å². The zero-order chi connectivity index (χ0) is 54.0. The van der Waals surface area contributed by atoms with Gasteiger partial charge in [0, 0.05) is 77.0 Å². The average Bonchev–Trinajstić information content (AvgIpc) is 4.25. The van der Waals surface area contributed by atoms with Crippen LogP contribution in [0.25, 0.3) is 0 Å². The zero-order valence-corrected chi connectivity index (χ0v) is 46.8. The van der Waals surface area contributed by atoms with Crippen LogP contribution >= 0.6 is 0 Å². The molecule has 12 bridgehead atoms. The van der Waals surface area contributed by atoms with Crippen molar-refractivity contribution in [2.75, 3.05) is 6.61 Å². The molecule has 0 unspecified atom stereocenters. The molecule has 0 aromatic rings. The summed E-state index contributed by atoms with van der Waals surface area (Å²) in [5.41, 5.74) is 2.22. The molecule has 16 fully saturated rings. The lowest BCUT2D eigenvalue weighted by Crippen LogP contribution is -2.61. The third kappa shape index (κ3) is 9.48. The van der Waals surface area contributed by atoms with Gasteiger partial charge in [0.15, 0.2) is 17.4 Å². The van der Waals surface area contributed by atoms with Crippen LogP contribution in [0.5, 0.6) is 0 Å². The molecule has 18 heteroatoms. The second kappa shape index (κ2) is 20.3. The van der Waals surface area contributed by atoms with E-state index in [2.05, 4.69) is 40.9 Å². The van der Waals surface area contributed by atoms with Crippen molar-refractivity contribution in [3.63, 3.8) is 0 Å². The maximum absolute atomic E-state index is 14.8. The summed E-state index contributed by atoms with van der Waals surface area (Å²) in [6.07, 6.45) is 5.06. The third-order valence-corrected chi connectivity index (χ3v) is 22.5. The molecule has 32 atom stereocenters. The average molecular weight is 1110 g/mol. The van der Waals surface area contributed by atoms with Crippen LogP contribution in [-0.2, 0) is 71.1 Å². The van der Waals surface area contributed by atoms with Gasteiger partial charge in [0.05, 0.1) is 123 Å². The number of carbonyl (C=O) groups excluding carboxylic acids is 1. The number of aliphatic hydroxyl groups excluding tert-OH is 3. The summed E-state index contributed by atoms with van der Waals surface area (Å²) in [6.45, 7) is 17.6. The Morgan fingerprint density at radius 2 is 1.19 bits per heavy atom. The highest BCUT2D eigenvalue weighted by Crippen LogP contribution is 2.58. The van der Waals surface area contributed by atoms with Crippen LogP contribution in [0.3, 0.4) is 0 Å². The van der Waals surface area contributed by atoms with Gasteiger partial charge in [0.1, 0.15) is 36.3 Å². The molecular weight excluding hydrogens is 1020 g/mol. The second-order valence-electron chi connectivity index (χ2n) is 28.0. The highest BCUT2D eigenvalue weighted by molar-refractivity contribution is 5.79. The minimum Gasteiger partial charge on any atom is -0.394 e. The quantitative estimate of drug-likeness (QED) is 0.294. The van der Waals surface area contributed by atoms with E-state index in [4.69, 9.17) is 66.3 Å². The summed E-state index contributed by atoms with van der Waals surface area (Å²) >= 11 is 0. The van der Waals surface area contributed by atoms with E-state index in [0.717, 1.165) is 56.1 Å². The van der Waals surface area contributed by atoms with Crippen LogP contribution in [0.1, 0.15) is 150 Å². The summed E-state index contributed by atoms with van der Waals surface area (Å²) < 4.78 is 97.4. The molecule has 0 saturated carbocycles. The van der Waals surface area contributed by atoms with Crippen LogP contribution in [0.2, 0.25) is 0 Å². The van der Waals surface area contributed by atoms with Crippen molar-refractivity contribution in [1.29, 1.82) is 0 Å². The van der Waals surface area contributed by atoms with Gasteiger partial charge in [0.25, 0.3) is 0 Å². The minimum atomic E-state index is -1.01. The Balaban J connectivity index is 0.655. The van der Waals surface area contributed by atoms with Crippen molar-refractivity contribution in [1.82, 2.24) is 0 Å². The molecule has 18 nitrogen and oxygen atoms in total. The number of aliphatic hydroxyl groups is 3. The Bertz CT molecular complexity index is 2340. The second-order valence-corrected chi connectivity index (χ2v) is 28.0. The Kier molecular flexibility index (Phi) is 13.9. The van der Waals surface area contributed by atoms with Crippen LogP contribution in [0.15, 0.2) is 24.3 Å². The molecule has 3 spiro atoms. The maximum atomic E-state index is 14.8. The van der Waals surface area contributed by atoms with Gasteiger partial charge < -0.3 is 81.6 Å². The number of hydrogen-bond donors (Lipinski definition) is 3. The monoisotopic (exact) mass is 1110 g/mol. The number of hydrogen-bond acceptors (Lipinski definition) is 18. The lowest BCUT2D eigenvalue weighted by Gasteiger charge is -2.51. The van der Waals surface area contributed by atoms with Gasteiger partial charge in [0.2, 0.25) is 0 Å². The molecule has 16 rings (SSSR count). The molecule has 0 radical (unpaired) electrons. The molecule has 440 valence electrons. The fourth-order valence-electron chi connectivity index (χ4n) is 18.6. The van der Waals surface area contributed by atoms with E-state index in [1.165, 1.54) is 0 Å². The fourth-order valence-corrected chi connectivity index (χ4v) is 18.6. The molecule has 0 aliphatic carbocycles. The summed E-state index contributed by atoms with van der Waals surface area (Å²) in [6, 6.07) is 0. The van der Waals surface area contributed by atoms with Crippen LogP contribution < -0.4 is 0 Å². The number of fused-ring (bicyclic) bond motifs is 10. The first-order valence-electron chi connectivity index (χ1n) is 31.1. The van der Waals surface area contributed by atoms with E-state index in [9.17, 15) is 20.1 Å². The lowest BCUT2D eigenvalue weighted by atomic mass is 9.72. The van der Waals surface area contributed by atoms with E-state index in [1.54, 1.807) is 0 Å². The first-order valence-corrected chi connectivity index (χ1v) is 31.1. The number of carbonyl (C=O) groups is 1. The molecule has 0 aromatic carbocycles. The number of Topliss-reactive ketones (excluding diaryl/α,β-unsaturated/α-hetero) is 1. The van der Waals surface area contributed by atoms with Gasteiger partial charge >= 0.3 is 0 Å². The van der Waals surface area contributed by atoms with Crippen molar-refractivity contribution >= 4 is 5.78 Å². The molecular formula is C61H88O18. The SMILES string of the molecule is C=C1C[C@@H]2CC[C@@]34C[C@H]5O[C@H]6[C@@H](O3)[C@H]3O[C@H](CC[C@@H]3O[C@H]6[C@H]5O4)CC(=O)C[C@@H]3[C@@H](C)[C@@H]4O[C@@H]5C[C@]6(C[C@@H]7O[C@]8(C[C@H](C)[C@@H]9O[C@H]([C@@H](O)C[C@@H](O)CO)C[C@@H]9O8)C[C@H](C)[C@@H]7O6)O[C@@H]5C[C@@H]4O[C@H]3C[C@H]3O[C@@H](CC[C@@H]1O2)C[C@@H](C)C3=C. The topological polar surface area (TPSA) is 207 Å². The Labute approximate surface area is 464 Å². The Morgan fingerprint density at radius 1 is 0.506 bits per heavy atom. The van der Waals surface area contributed by atoms with Crippen molar-refractivity contribution < 1.29 is 86.4 Å². The molecule has 0 amide bonds. The van der Waals surface area contributed by atoms with Crippen molar-refractivity contribution in [2.45, 2.75) is 314 Å². The lowest BCUT2D eigenvalue weighted by molar-refractivity contribution is -0.347. The van der Waals surface area contributed by atoms with Crippen LogP contribution in [0.4, 0.5) is 0 Å². The van der Waals surface area contributed by atoms with Gasteiger partial charge in [-0.3, -0.25) is 4.79 Å². The van der Waals surface area contributed by atoms with Crippen molar-refractivity contribution in [3.05, 3.63) is 24.3 Å². The number of ether oxygens (including phenoxy) is 14. The number of ketones is 1. The number of rotatable bonds is 4. The fraction of sp³-hybridized carbons (Fsp3) is 0.918. The molecule has 79 heavy (non-hydrogen) atoms. The predicted molar refractivity (Wildman–Crippen MR) is 277 cm³/mol. The molecule has 3 N–H and O–H groups in total. The molecule has 16 aliphatic rings. The van der Waals surface area contributed by atoms with Gasteiger partial charge in [-0.05, 0) is 85.7 Å². The first kappa shape index (κ1) is 54.1. The standard InChI is InChI=1S/C61H88O18/c1-27-13-35-7-9-40-28(2)14-37(66-40)11-12-59-24-49-55(78-59)56-57(73-49)58(79-59)54-41(70-56)10-8-36(68-54)15-33(63)16-38-32(6)53-46(69-43(38)18-42(67-35)31(27)5)20-45-48(72-53)23-61(74-45)25-50-52(77-61)30(4)22-60(76-50)21-29(3)51-47(75-60)19-44(71-51)39(65)17-34(64)26-62/h27,29-30,32,34-58,62,64-65H,2,5,7-26H2,1,3-4,6H3/t27-,29+,30+,32-,34-,35+,36-,37+,38-,39+,40+,41+,42-,43+,44+,45-,46+,47+,48-,49-,50+,51+,52+,53+,54+,55+,56+,57-,58+,59+,60-,61+/m1/s1. The normalized spacial score (nSPS) is 57.3. The van der Waals surface area contributed by atoms with Gasteiger partial charge in [-0.2, -0.15) is 0 Å². The van der Waals surface area contributed by atoms with Gasteiger partial charge in [-0.15, -0.1) is 0 Å². The van der Waals surface area contributed by atoms with E-state index >= 15 is 0 Å². The van der Waals surface area contributed by atoms with Gasteiger partial charge in [-0.25, -0.2) is 0 Å². The molecule has 16 aliphatic heterocycles. The summed E-state index contributed by atoms with van der Waals surface area (Å²) in [4.78, 5) is 14.8.